The van der Waals surface area contributed by atoms with Crippen LogP contribution in [-0.2, 0) is 14.3 Å². The summed E-state index contributed by atoms with van der Waals surface area (Å²) in [5.74, 6) is 0. The van der Waals surface area contributed by atoms with Crippen molar-refractivity contribution in [1.29, 1.82) is 0 Å². The molecule has 1 fully saturated rings. The van der Waals surface area contributed by atoms with E-state index < -0.39 is 17.2 Å². The van der Waals surface area contributed by atoms with Gasteiger partial charge in [-0.25, -0.2) is 4.79 Å². The quantitative estimate of drug-likeness (QED) is 0.739. The molecule has 5 heteroatoms. The molecule has 1 rings (SSSR count). The molecule has 2 unspecified atom stereocenters. The molecule has 5 nitrogen and oxygen atoms in total. The molecule has 1 aliphatic rings. The Balaban J connectivity index is 2.81. The minimum atomic E-state index is -0.983. The Morgan fingerprint density at radius 1 is 1.32 bits per heavy atom. The summed E-state index contributed by atoms with van der Waals surface area (Å²) in [7, 11) is 1.58. The predicted octanol–water partition coefficient (Wildman–Crippen LogP) is 2.38. The Labute approximate surface area is 115 Å². The van der Waals surface area contributed by atoms with Crippen LogP contribution in [0.4, 0.5) is 4.79 Å². The van der Waals surface area contributed by atoms with Crippen LogP contribution < -0.4 is 0 Å². The minimum absolute atomic E-state index is 0.267. The van der Waals surface area contributed by atoms with Crippen LogP contribution in [0.15, 0.2) is 0 Å². The number of aldehydes is 1. The summed E-state index contributed by atoms with van der Waals surface area (Å²) in [6.07, 6.45) is 2.81. The molecule has 0 spiro atoms. The highest BCUT2D eigenvalue weighted by Crippen LogP contribution is 2.27. The molecule has 0 radical (unpaired) electrons. The van der Waals surface area contributed by atoms with Crippen LogP contribution in [0.25, 0.3) is 0 Å². The third-order valence-electron chi connectivity index (χ3n) is 3.46. The Hall–Kier alpha value is -1.10. The molecule has 0 aromatic heterocycles. The van der Waals surface area contributed by atoms with Crippen LogP contribution in [0.1, 0.15) is 47.0 Å². The molecule has 0 saturated carbocycles. The number of carbonyl (C=O) groups excluding carboxylic acids is 2. The highest BCUT2D eigenvalue weighted by atomic mass is 16.6. The van der Waals surface area contributed by atoms with E-state index in [1.165, 1.54) is 4.90 Å². The Morgan fingerprint density at radius 2 is 1.95 bits per heavy atom. The molecule has 0 aromatic rings. The zero-order valence-electron chi connectivity index (χ0n) is 12.6. The maximum Gasteiger partial charge on any atom is 0.410 e. The standard InChI is InChI=1S/C14H25NO4/c1-13(2,3)19-12(17)15(5)14(4,10-16)11-8-6-7-9-18-11/h10-11H,6-9H2,1-5H3. The molecule has 0 aromatic carbocycles. The van der Waals surface area contributed by atoms with E-state index in [0.29, 0.717) is 6.61 Å². The number of likely N-dealkylation sites (N-methyl/N-ethyl adjacent to an activating group) is 1. The van der Waals surface area contributed by atoms with E-state index in [9.17, 15) is 9.59 Å². The van der Waals surface area contributed by atoms with Crippen molar-refractivity contribution in [2.75, 3.05) is 13.7 Å². The van der Waals surface area contributed by atoms with E-state index in [4.69, 9.17) is 9.47 Å². The molecule has 19 heavy (non-hydrogen) atoms. The van der Waals surface area contributed by atoms with Gasteiger partial charge in [-0.1, -0.05) is 0 Å². The Bertz CT molecular complexity index is 331. The lowest BCUT2D eigenvalue weighted by Crippen LogP contribution is -2.58. The van der Waals surface area contributed by atoms with Gasteiger partial charge in [-0.05, 0) is 47.0 Å². The van der Waals surface area contributed by atoms with Crippen molar-refractivity contribution in [1.82, 2.24) is 4.90 Å². The van der Waals surface area contributed by atoms with Gasteiger partial charge in [-0.2, -0.15) is 0 Å². The first-order valence-corrected chi connectivity index (χ1v) is 6.75. The molecule has 1 aliphatic heterocycles. The monoisotopic (exact) mass is 271 g/mol. The van der Waals surface area contributed by atoms with E-state index >= 15 is 0 Å². The summed E-state index contributed by atoms with van der Waals surface area (Å²) in [5, 5.41) is 0. The summed E-state index contributed by atoms with van der Waals surface area (Å²) in [4.78, 5) is 25.0. The lowest BCUT2D eigenvalue weighted by Gasteiger charge is -2.42. The lowest BCUT2D eigenvalue weighted by molar-refractivity contribution is -0.131. The average Bonchev–Trinajstić information content (AvgIpc) is 2.36. The predicted molar refractivity (Wildman–Crippen MR) is 72.1 cm³/mol. The number of hydrogen-bond acceptors (Lipinski definition) is 4. The smallest absolute Gasteiger partial charge is 0.410 e. The van der Waals surface area contributed by atoms with Gasteiger partial charge in [-0.15, -0.1) is 0 Å². The lowest BCUT2D eigenvalue weighted by atomic mass is 9.89. The molecule has 2 atom stereocenters. The van der Waals surface area contributed by atoms with Crippen molar-refractivity contribution in [2.24, 2.45) is 0 Å². The SMILES string of the molecule is CN(C(=O)OC(C)(C)C)C(C)(C=O)C1CCCCO1. The zero-order chi connectivity index (χ0) is 14.7. The van der Waals surface area contributed by atoms with Gasteiger partial charge in [0.1, 0.15) is 17.4 Å². The molecular weight excluding hydrogens is 246 g/mol. The second kappa shape index (κ2) is 5.90. The van der Waals surface area contributed by atoms with Crippen LogP contribution >= 0.6 is 0 Å². The Morgan fingerprint density at radius 3 is 2.37 bits per heavy atom. The first-order chi connectivity index (χ1) is 8.70. The molecule has 1 heterocycles. The second-order valence-electron chi connectivity index (χ2n) is 6.24. The van der Waals surface area contributed by atoms with Crippen LogP contribution in [0.2, 0.25) is 0 Å². The third kappa shape index (κ3) is 3.93. The van der Waals surface area contributed by atoms with E-state index in [2.05, 4.69) is 0 Å². The van der Waals surface area contributed by atoms with Gasteiger partial charge in [0.15, 0.2) is 0 Å². The van der Waals surface area contributed by atoms with Gasteiger partial charge in [0.05, 0.1) is 6.10 Å². The number of rotatable bonds is 3. The normalized spacial score (nSPS) is 23.3. The van der Waals surface area contributed by atoms with E-state index in [1.807, 2.05) is 0 Å². The molecule has 110 valence electrons. The maximum atomic E-state index is 12.1. The number of hydrogen-bond donors (Lipinski definition) is 0. The van der Waals surface area contributed by atoms with Crippen molar-refractivity contribution in [2.45, 2.75) is 64.2 Å². The van der Waals surface area contributed by atoms with E-state index in [1.54, 1.807) is 34.7 Å². The molecule has 0 aliphatic carbocycles. The van der Waals surface area contributed by atoms with Crippen molar-refractivity contribution in [3.8, 4) is 0 Å². The van der Waals surface area contributed by atoms with Gasteiger partial charge in [0.25, 0.3) is 0 Å². The summed E-state index contributed by atoms with van der Waals surface area (Å²) >= 11 is 0. The number of amides is 1. The number of nitrogens with zero attached hydrogens (tertiary/aromatic N) is 1. The van der Waals surface area contributed by atoms with Gasteiger partial charge >= 0.3 is 6.09 Å². The fraction of sp³-hybridized carbons (Fsp3) is 0.857. The summed E-state index contributed by atoms with van der Waals surface area (Å²) in [6.45, 7) is 7.76. The maximum absolute atomic E-state index is 12.1. The van der Waals surface area contributed by atoms with Gasteiger partial charge in [0.2, 0.25) is 0 Å². The topological polar surface area (TPSA) is 55.8 Å². The van der Waals surface area contributed by atoms with Crippen molar-refractivity contribution in [3.63, 3.8) is 0 Å². The van der Waals surface area contributed by atoms with E-state index in [0.717, 1.165) is 25.5 Å². The van der Waals surface area contributed by atoms with Crippen molar-refractivity contribution >= 4 is 12.4 Å². The van der Waals surface area contributed by atoms with Gasteiger partial charge < -0.3 is 14.3 Å². The van der Waals surface area contributed by atoms with Gasteiger partial charge in [0, 0.05) is 13.7 Å². The van der Waals surface area contributed by atoms with Crippen LogP contribution in [0.3, 0.4) is 0 Å². The van der Waals surface area contributed by atoms with E-state index in [-0.39, 0.29) is 6.10 Å². The number of ether oxygens (including phenoxy) is 2. The highest BCUT2D eigenvalue weighted by Gasteiger charge is 2.43. The fourth-order valence-electron chi connectivity index (χ4n) is 2.10. The van der Waals surface area contributed by atoms with Crippen LogP contribution in [0.5, 0.6) is 0 Å². The molecule has 1 amide bonds. The van der Waals surface area contributed by atoms with Crippen molar-refractivity contribution < 1.29 is 19.1 Å². The number of carbonyl (C=O) groups is 2. The fourth-order valence-corrected chi connectivity index (χ4v) is 2.10. The summed E-state index contributed by atoms with van der Waals surface area (Å²) in [6, 6.07) is 0. The summed E-state index contributed by atoms with van der Waals surface area (Å²) < 4.78 is 11.0. The second-order valence-corrected chi connectivity index (χ2v) is 6.24. The highest BCUT2D eigenvalue weighted by molar-refractivity contribution is 5.77. The largest absolute Gasteiger partial charge is 0.444 e. The molecular formula is C14H25NO4. The zero-order valence-corrected chi connectivity index (χ0v) is 12.6. The van der Waals surface area contributed by atoms with Gasteiger partial charge in [-0.3, -0.25) is 4.90 Å². The average molecular weight is 271 g/mol. The molecule has 1 saturated heterocycles. The minimum Gasteiger partial charge on any atom is -0.444 e. The first-order valence-electron chi connectivity index (χ1n) is 6.75. The van der Waals surface area contributed by atoms with Crippen LogP contribution in [0, 0.1) is 0 Å². The van der Waals surface area contributed by atoms with Crippen LogP contribution in [-0.4, -0.2) is 48.2 Å². The third-order valence-corrected chi connectivity index (χ3v) is 3.46. The molecule has 0 bridgehead atoms. The molecule has 0 N–H and O–H groups in total. The Kier molecular flexibility index (Phi) is 4.96. The summed E-state index contributed by atoms with van der Waals surface area (Å²) in [5.41, 5.74) is -1.56. The first kappa shape index (κ1) is 16.0. The van der Waals surface area contributed by atoms with Crippen molar-refractivity contribution in [3.05, 3.63) is 0 Å².